The molecule has 3 N–H and O–H groups in total. The molecule has 0 aromatic carbocycles. The number of carbonyl (C=O) groups is 1. The van der Waals surface area contributed by atoms with Gasteiger partial charge < -0.3 is 10.4 Å². The van der Waals surface area contributed by atoms with E-state index in [2.05, 4.69) is 20.5 Å². The second-order valence-electron chi connectivity index (χ2n) is 4.26. The predicted octanol–water partition coefficient (Wildman–Crippen LogP) is 1.86. The molecule has 0 aliphatic heterocycles. The average Bonchev–Trinajstić information content (AvgIpc) is 2.81. The van der Waals surface area contributed by atoms with E-state index in [9.17, 15) is 4.79 Å². The van der Waals surface area contributed by atoms with E-state index in [1.54, 1.807) is 12.1 Å². The van der Waals surface area contributed by atoms with Crippen LogP contribution in [0.15, 0.2) is 24.4 Å². The zero-order valence-electron chi connectivity index (χ0n) is 10.7. The Balaban J connectivity index is 1.81. The molecule has 2 aromatic rings. The summed E-state index contributed by atoms with van der Waals surface area (Å²) >= 11 is 0. The first-order valence-electron chi connectivity index (χ1n) is 6.10. The monoisotopic (exact) mass is 260 g/mol. The minimum Gasteiger partial charge on any atom is -0.477 e. The number of aromatic nitrogens is 3. The summed E-state index contributed by atoms with van der Waals surface area (Å²) < 4.78 is 0. The van der Waals surface area contributed by atoms with Crippen molar-refractivity contribution in [3.8, 4) is 0 Å². The van der Waals surface area contributed by atoms with Crippen LogP contribution in [0.4, 0.5) is 5.82 Å². The van der Waals surface area contributed by atoms with Crippen LogP contribution in [0, 0.1) is 6.92 Å². The summed E-state index contributed by atoms with van der Waals surface area (Å²) in [6.45, 7) is 2.73. The van der Waals surface area contributed by atoms with E-state index in [1.165, 1.54) is 11.6 Å². The maximum atomic E-state index is 10.8. The van der Waals surface area contributed by atoms with Crippen molar-refractivity contribution < 1.29 is 9.90 Å². The lowest BCUT2D eigenvalue weighted by Gasteiger charge is -2.05. The Kier molecular flexibility index (Phi) is 4.12. The summed E-state index contributed by atoms with van der Waals surface area (Å²) in [4.78, 5) is 14.8. The van der Waals surface area contributed by atoms with Gasteiger partial charge in [0.2, 0.25) is 0 Å². The number of H-pyrrole nitrogens is 1. The van der Waals surface area contributed by atoms with Gasteiger partial charge in [-0.3, -0.25) is 5.10 Å². The molecule has 0 atom stereocenters. The average molecular weight is 260 g/mol. The van der Waals surface area contributed by atoms with Crippen LogP contribution >= 0.6 is 0 Å². The molecule has 100 valence electrons. The fourth-order valence-corrected chi connectivity index (χ4v) is 1.78. The zero-order valence-corrected chi connectivity index (χ0v) is 10.7. The molecular formula is C13H16N4O2. The highest BCUT2D eigenvalue weighted by Gasteiger charge is 2.04. The fourth-order valence-electron chi connectivity index (χ4n) is 1.78. The molecule has 6 heteroatoms. The van der Waals surface area contributed by atoms with E-state index in [0.29, 0.717) is 5.82 Å². The number of aromatic amines is 1. The molecular weight excluding hydrogens is 244 g/mol. The Labute approximate surface area is 110 Å². The summed E-state index contributed by atoms with van der Waals surface area (Å²) in [5.41, 5.74) is 2.34. The number of carboxylic acids is 1. The van der Waals surface area contributed by atoms with Crippen LogP contribution in [0.2, 0.25) is 0 Å². The molecule has 0 amide bonds. The summed E-state index contributed by atoms with van der Waals surface area (Å²) in [5, 5.41) is 18.8. The smallest absolute Gasteiger partial charge is 0.354 e. The third-order valence-electron chi connectivity index (χ3n) is 2.83. The van der Waals surface area contributed by atoms with Crippen LogP contribution in [0.1, 0.15) is 28.2 Å². The first kappa shape index (κ1) is 13.1. The Morgan fingerprint density at radius 1 is 1.47 bits per heavy atom. The van der Waals surface area contributed by atoms with Gasteiger partial charge in [-0.2, -0.15) is 5.10 Å². The number of hydrogen-bond donors (Lipinski definition) is 3. The Morgan fingerprint density at radius 2 is 2.32 bits per heavy atom. The molecule has 0 radical (unpaired) electrons. The van der Waals surface area contributed by atoms with E-state index in [-0.39, 0.29) is 5.69 Å². The zero-order chi connectivity index (χ0) is 13.7. The van der Waals surface area contributed by atoms with Gasteiger partial charge in [-0.05, 0) is 37.5 Å². The molecule has 0 aliphatic carbocycles. The SMILES string of the molecule is Cc1[nH]ncc1CCCNc1cccc(C(=O)O)n1. The quantitative estimate of drug-likeness (QED) is 0.689. The molecule has 2 aromatic heterocycles. The van der Waals surface area contributed by atoms with Crippen molar-refractivity contribution in [3.05, 3.63) is 41.3 Å². The normalized spacial score (nSPS) is 10.4. The lowest BCUT2D eigenvalue weighted by Crippen LogP contribution is -2.07. The molecule has 0 saturated heterocycles. The largest absolute Gasteiger partial charge is 0.477 e. The van der Waals surface area contributed by atoms with Gasteiger partial charge >= 0.3 is 5.97 Å². The Morgan fingerprint density at radius 3 is 3.00 bits per heavy atom. The van der Waals surface area contributed by atoms with Crippen molar-refractivity contribution >= 4 is 11.8 Å². The van der Waals surface area contributed by atoms with Crippen molar-refractivity contribution in [2.24, 2.45) is 0 Å². The molecule has 6 nitrogen and oxygen atoms in total. The molecule has 0 bridgehead atoms. The van der Waals surface area contributed by atoms with E-state index in [1.807, 2.05) is 13.1 Å². The standard InChI is InChI=1S/C13H16N4O2/c1-9-10(8-15-17-9)4-3-7-14-12-6-2-5-11(16-12)13(18)19/h2,5-6,8H,3-4,7H2,1H3,(H,14,16)(H,15,17)(H,18,19). The minimum atomic E-state index is -1.02. The van der Waals surface area contributed by atoms with Gasteiger partial charge in [-0.25, -0.2) is 9.78 Å². The molecule has 0 spiro atoms. The van der Waals surface area contributed by atoms with E-state index < -0.39 is 5.97 Å². The lowest BCUT2D eigenvalue weighted by molar-refractivity contribution is 0.0690. The van der Waals surface area contributed by atoms with Gasteiger partial charge in [0.15, 0.2) is 5.69 Å². The second-order valence-corrected chi connectivity index (χ2v) is 4.26. The molecule has 0 fully saturated rings. The number of pyridine rings is 1. The number of nitrogens with one attached hydrogen (secondary N) is 2. The maximum absolute atomic E-state index is 10.8. The highest BCUT2D eigenvalue weighted by Crippen LogP contribution is 2.08. The minimum absolute atomic E-state index is 0.0516. The molecule has 19 heavy (non-hydrogen) atoms. The van der Waals surface area contributed by atoms with Gasteiger partial charge in [-0.1, -0.05) is 6.07 Å². The van der Waals surface area contributed by atoms with E-state index in [4.69, 9.17) is 5.11 Å². The van der Waals surface area contributed by atoms with Gasteiger partial charge in [-0.15, -0.1) is 0 Å². The maximum Gasteiger partial charge on any atom is 0.354 e. The summed E-state index contributed by atoms with van der Waals surface area (Å²) in [5.74, 6) is -0.429. The third-order valence-corrected chi connectivity index (χ3v) is 2.83. The molecule has 2 rings (SSSR count). The van der Waals surface area contributed by atoms with Crippen LogP contribution in [0.3, 0.4) is 0 Å². The van der Waals surface area contributed by atoms with E-state index >= 15 is 0 Å². The van der Waals surface area contributed by atoms with Crippen molar-refractivity contribution in [1.29, 1.82) is 0 Å². The van der Waals surface area contributed by atoms with Crippen LogP contribution in [-0.2, 0) is 6.42 Å². The number of rotatable bonds is 6. The fraction of sp³-hybridized carbons (Fsp3) is 0.308. The van der Waals surface area contributed by atoms with E-state index in [0.717, 1.165) is 25.1 Å². The summed E-state index contributed by atoms with van der Waals surface area (Å²) in [7, 11) is 0. The third kappa shape index (κ3) is 3.54. The van der Waals surface area contributed by atoms with Crippen LogP contribution in [0.5, 0.6) is 0 Å². The summed E-state index contributed by atoms with van der Waals surface area (Å²) in [6.07, 6.45) is 3.69. The first-order chi connectivity index (χ1) is 9.16. The molecule has 0 unspecified atom stereocenters. The number of anilines is 1. The Bertz CT molecular complexity index is 565. The number of aryl methyl sites for hydroxylation is 2. The molecule has 0 saturated carbocycles. The van der Waals surface area contributed by atoms with Gasteiger partial charge in [0.1, 0.15) is 5.82 Å². The van der Waals surface area contributed by atoms with Crippen molar-refractivity contribution in [2.75, 3.05) is 11.9 Å². The number of nitrogens with zero attached hydrogens (tertiary/aromatic N) is 2. The Hall–Kier alpha value is -2.37. The van der Waals surface area contributed by atoms with Crippen molar-refractivity contribution in [3.63, 3.8) is 0 Å². The van der Waals surface area contributed by atoms with Gasteiger partial charge in [0.05, 0.1) is 6.20 Å². The summed E-state index contributed by atoms with van der Waals surface area (Å²) in [6, 6.07) is 4.91. The number of carboxylic acid groups (broad SMARTS) is 1. The van der Waals surface area contributed by atoms with Crippen molar-refractivity contribution in [1.82, 2.24) is 15.2 Å². The van der Waals surface area contributed by atoms with Gasteiger partial charge in [0.25, 0.3) is 0 Å². The second kappa shape index (κ2) is 5.99. The van der Waals surface area contributed by atoms with Crippen molar-refractivity contribution in [2.45, 2.75) is 19.8 Å². The van der Waals surface area contributed by atoms with Crippen LogP contribution < -0.4 is 5.32 Å². The highest BCUT2D eigenvalue weighted by molar-refractivity contribution is 5.85. The highest BCUT2D eigenvalue weighted by atomic mass is 16.4. The van der Waals surface area contributed by atoms with Gasteiger partial charge in [0, 0.05) is 12.2 Å². The number of hydrogen-bond acceptors (Lipinski definition) is 4. The topological polar surface area (TPSA) is 90.9 Å². The van der Waals surface area contributed by atoms with Crippen LogP contribution in [-0.4, -0.2) is 32.8 Å². The predicted molar refractivity (Wildman–Crippen MR) is 71.3 cm³/mol. The lowest BCUT2D eigenvalue weighted by atomic mass is 10.1. The molecule has 0 aliphatic rings. The number of aromatic carboxylic acids is 1. The molecule has 2 heterocycles. The first-order valence-corrected chi connectivity index (χ1v) is 6.10. The van der Waals surface area contributed by atoms with Crippen LogP contribution in [0.25, 0.3) is 0 Å².